The Morgan fingerprint density at radius 2 is 1.61 bits per heavy atom. The first-order valence-electron chi connectivity index (χ1n) is 7.30. The van der Waals surface area contributed by atoms with Gasteiger partial charge in [0, 0.05) is 6.54 Å². The van der Waals surface area contributed by atoms with E-state index in [1.54, 1.807) is 19.1 Å². The van der Waals surface area contributed by atoms with Crippen molar-refractivity contribution in [3.8, 4) is 5.75 Å². The van der Waals surface area contributed by atoms with Gasteiger partial charge in [-0.1, -0.05) is 6.07 Å². The molecule has 0 aromatic heterocycles. The molecule has 7 nitrogen and oxygen atoms in total. The molecule has 1 aromatic rings. The number of benzene rings is 1. The lowest BCUT2D eigenvalue weighted by Gasteiger charge is -2.09. The average Bonchev–Trinajstić information content (AvgIpc) is 2.48. The van der Waals surface area contributed by atoms with Gasteiger partial charge in [0.1, 0.15) is 5.75 Å². The van der Waals surface area contributed by atoms with Crippen LogP contribution in [0.25, 0.3) is 0 Å². The van der Waals surface area contributed by atoms with Gasteiger partial charge in [-0.05, 0) is 44.0 Å². The Balaban J connectivity index is 2.26. The maximum Gasteiger partial charge on any atom is 0.344 e. The summed E-state index contributed by atoms with van der Waals surface area (Å²) in [4.78, 5) is 34.1. The minimum atomic E-state index is -0.655. The van der Waals surface area contributed by atoms with Crippen molar-refractivity contribution in [1.29, 1.82) is 0 Å². The van der Waals surface area contributed by atoms with E-state index in [-0.39, 0.29) is 19.1 Å². The van der Waals surface area contributed by atoms with Crippen LogP contribution in [0.2, 0.25) is 0 Å². The molecule has 0 fully saturated rings. The topological polar surface area (TPSA) is 93.7 Å². The van der Waals surface area contributed by atoms with Gasteiger partial charge < -0.3 is 20.1 Å². The third kappa shape index (κ3) is 7.85. The van der Waals surface area contributed by atoms with Gasteiger partial charge in [-0.25, -0.2) is 4.79 Å². The second-order valence-corrected chi connectivity index (χ2v) is 5.00. The standard InChI is InChI=1S/C16H22N2O5/c1-4-17-14(19)8-18-15(20)9-23-16(21)10-22-13-6-11(2)5-12(3)7-13/h5-7H,4,8-10H2,1-3H3,(H,17,19)(H,18,20). The van der Waals surface area contributed by atoms with E-state index in [0.29, 0.717) is 12.3 Å². The fourth-order valence-electron chi connectivity index (χ4n) is 1.84. The molecule has 1 aromatic carbocycles. The highest BCUT2D eigenvalue weighted by molar-refractivity contribution is 5.86. The number of esters is 1. The summed E-state index contributed by atoms with van der Waals surface area (Å²) < 4.78 is 10.1. The van der Waals surface area contributed by atoms with Crippen LogP contribution in [0.1, 0.15) is 18.1 Å². The molecule has 0 saturated carbocycles. The molecule has 1 rings (SSSR count). The molecule has 0 aliphatic heterocycles. The Labute approximate surface area is 135 Å². The average molecular weight is 322 g/mol. The van der Waals surface area contributed by atoms with E-state index in [9.17, 15) is 14.4 Å². The first-order chi connectivity index (χ1) is 10.9. The zero-order valence-electron chi connectivity index (χ0n) is 13.6. The monoisotopic (exact) mass is 322 g/mol. The number of carbonyl (C=O) groups is 3. The largest absolute Gasteiger partial charge is 0.482 e. The van der Waals surface area contributed by atoms with Crippen LogP contribution in [0.15, 0.2) is 18.2 Å². The normalized spacial score (nSPS) is 9.87. The highest BCUT2D eigenvalue weighted by Gasteiger charge is 2.10. The maximum atomic E-state index is 11.5. The highest BCUT2D eigenvalue weighted by atomic mass is 16.6. The van der Waals surface area contributed by atoms with Gasteiger partial charge in [0.05, 0.1) is 6.54 Å². The minimum Gasteiger partial charge on any atom is -0.482 e. The highest BCUT2D eigenvalue weighted by Crippen LogP contribution is 2.15. The second kappa shape index (κ2) is 9.45. The van der Waals surface area contributed by atoms with Crippen LogP contribution in [0.4, 0.5) is 0 Å². The third-order valence-corrected chi connectivity index (χ3v) is 2.74. The Kier molecular flexibility index (Phi) is 7.59. The summed E-state index contributed by atoms with van der Waals surface area (Å²) in [5.74, 6) is -0.932. The van der Waals surface area contributed by atoms with Gasteiger partial charge in [-0.2, -0.15) is 0 Å². The van der Waals surface area contributed by atoms with Crippen molar-refractivity contribution in [3.05, 3.63) is 29.3 Å². The number of likely N-dealkylation sites (N-methyl/N-ethyl adjacent to an activating group) is 1. The molecular formula is C16H22N2O5. The van der Waals surface area contributed by atoms with Gasteiger partial charge in [0.2, 0.25) is 5.91 Å². The van der Waals surface area contributed by atoms with Crippen LogP contribution in [0.5, 0.6) is 5.75 Å². The number of ether oxygens (including phenoxy) is 2. The van der Waals surface area contributed by atoms with E-state index in [1.165, 1.54) is 0 Å². The van der Waals surface area contributed by atoms with Crippen molar-refractivity contribution in [2.75, 3.05) is 26.3 Å². The van der Waals surface area contributed by atoms with Crippen LogP contribution >= 0.6 is 0 Å². The molecule has 2 N–H and O–H groups in total. The Hall–Kier alpha value is -2.57. The summed E-state index contributed by atoms with van der Waals surface area (Å²) in [5, 5.41) is 4.87. The van der Waals surface area contributed by atoms with E-state index >= 15 is 0 Å². The SMILES string of the molecule is CCNC(=O)CNC(=O)COC(=O)COc1cc(C)cc(C)c1. The first-order valence-corrected chi connectivity index (χ1v) is 7.30. The lowest BCUT2D eigenvalue weighted by molar-refractivity contribution is -0.150. The molecule has 23 heavy (non-hydrogen) atoms. The Morgan fingerprint density at radius 3 is 2.22 bits per heavy atom. The van der Waals surface area contributed by atoms with Crippen LogP contribution in [0.3, 0.4) is 0 Å². The van der Waals surface area contributed by atoms with Crippen LogP contribution < -0.4 is 15.4 Å². The van der Waals surface area contributed by atoms with Gasteiger partial charge in [-0.15, -0.1) is 0 Å². The molecule has 2 amide bonds. The van der Waals surface area contributed by atoms with E-state index < -0.39 is 18.5 Å². The number of carbonyl (C=O) groups excluding carboxylic acids is 3. The summed E-state index contributed by atoms with van der Waals surface area (Å²) in [6, 6.07) is 5.60. The molecule has 7 heteroatoms. The number of hydrogen-bond acceptors (Lipinski definition) is 5. The van der Waals surface area contributed by atoms with Crippen molar-refractivity contribution in [3.63, 3.8) is 0 Å². The van der Waals surface area contributed by atoms with E-state index in [2.05, 4.69) is 10.6 Å². The fourth-order valence-corrected chi connectivity index (χ4v) is 1.84. The maximum absolute atomic E-state index is 11.5. The fraction of sp³-hybridized carbons (Fsp3) is 0.438. The van der Waals surface area contributed by atoms with Crippen molar-refractivity contribution in [2.45, 2.75) is 20.8 Å². The number of amides is 2. The summed E-state index contributed by atoms with van der Waals surface area (Å²) in [5.41, 5.74) is 2.05. The van der Waals surface area contributed by atoms with E-state index in [4.69, 9.17) is 9.47 Å². The molecule has 0 radical (unpaired) electrons. The second-order valence-electron chi connectivity index (χ2n) is 5.00. The first kappa shape index (κ1) is 18.5. The quantitative estimate of drug-likeness (QED) is 0.679. The third-order valence-electron chi connectivity index (χ3n) is 2.74. The van der Waals surface area contributed by atoms with E-state index in [0.717, 1.165) is 11.1 Å². The molecule has 0 saturated heterocycles. The van der Waals surface area contributed by atoms with Gasteiger partial charge in [0.15, 0.2) is 13.2 Å². The van der Waals surface area contributed by atoms with Crippen LogP contribution in [-0.4, -0.2) is 44.1 Å². The number of hydrogen-bond donors (Lipinski definition) is 2. The summed E-state index contributed by atoms with van der Waals surface area (Å²) in [6.07, 6.45) is 0. The molecule has 0 bridgehead atoms. The molecule has 0 unspecified atom stereocenters. The number of aryl methyl sites for hydroxylation is 2. The molecule has 0 atom stereocenters. The molecule has 0 aliphatic rings. The van der Waals surface area contributed by atoms with Crippen molar-refractivity contribution < 1.29 is 23.9 Å². The van der Waals surface area contributed by atoms with Crippen molar-refractivity contribution in [2.24, 2.45) is 0 Å². The summed E-state index contributed by atoms with van der Waals surface area (Å²) >= 11 is 0. The Bertz CT molecular complexity index is 551. The predicted octanol–water partition coefficient (Wildman–Crippen LogP) is 0.478. The molecule has 0 heterocycles. The van der Waals surface area contributed by atoms with Gasteiger partial charge in [-0.3, -0.25) is 9.59 Å². The van der Waals surface area contributed by atoms with Crippen molar-refractivity contribution >= 4 is 17.8 Å². The Morgan fingerprint density at radius 1 is 0.957 bits per heavy atom. The summed E-state index contributed by atoms with van der Waals surface area (Å²) in [6.45, 7) is 5.23. The lowest BCUT2D eigenvalue weighted by atomic mass is 10.1. The van der Waals surface area contributed by atoms with Crippen molar-refractivity contribution in [1.82, 2.24) is 10.6 Å². The van der Waals surface area contributed by atoms with Gasteiger partial charge in [0.25, 0.3) is 5.91 Å². The molecule has 0 aliphatic carbocycles. The smallest absolute Gasteiger partial charge is 0.344 e. The van der Waals surface area contributed by atoms with Crippen LogP contribution in [-0.2, 0) is 19.1 Å². The van der Waals surface area contributed by atoms with Gasteiger partial charge >= 0.3 is 5.97 Å². The molecule has 126 valence electrons. The molecular weight excluding hydrogens is 300 g/mol. The lowest BCUT2D eigenvalue weighted by Crippen LogP contribution is -2.38. The number of nitrogens with one attached hydrogen (secondary N) is 2. The number of rotatable bonds is 8. The minimum absolute atomic E-state index is 0.150. The zero-order chi connectivity index (χ0) is 17.2. The zero-order valence-corrected chi connectivity index (χ0v) is 13.6. The van der Waals surface area contributed by atoms with E-state index in [1.807, 2.05) is 19.9 Å². The molecule has 0 spiro atoms. The summed E-state index contributed by atoms with van der Waals surface area (Å²) in [7, 11) is 0. The predicted molar refractivity (Wildman–Crippen MR) is 84.1 cm³/mol. The van der Waals surface area contributed by atoms with Crippen LogP contribution in [0, 0.1) is 13.8 Å².